The van der Waals surface area contributed by atoms with Gasteiger partial charge in [0.15, 0.2) is 23.8 Å². The van der Waals surface area contributed by atoms with E-state index < -0.39 is 89.3 Å². The van der Waals surface area contributed by atoms with Crippen LogP contribution in [-0.4, -0.2) is 126 Å². The predicted octanol–water partition coefficient (Wildman–Crippen LogP) is 7.13. The zero-order chi connectivity index (χ0) is 48.1. The number of ketones is 2. The number of amides is 1. The number of para-hydroxylation sites is 1. The molecule has 1 amide bonds. The first-order valence-corrected chi connectivity index (χ1v) is 23.5. The first-order chi connectivity index (χ1) is 31.4. The Morgan fingerprint density at radius 1 is 0.939 bits per heavy atom. The van der Waals surface area contributed by atoms with Crippen LogP contribution in [0.3, 0.4) is 0 Å². The van der Waals surface area contributed by atoms with Gasteiger partial charge in [0.25, 0.3) is 0 Å². The summed E-state index contributed by atoms with van der Waals surface area (Å²) >= 11 is 0. The zero-order valence-corrected chi connectivity index (χ0v) is 40.5. The number of pyridine rings is 1. The van der Waals surface area contributed by atoms with Crippen molar-refractivity contribution in [3.05, 3.63) is 78.0 Å². The maximum atomic E-state index is 15.2. The summed E-state index contributed by atoms with van der Waals surface area (Å²) in [6.07, 6.45) is -1.01. The van der Waals surface area contributed by atoms with E-state index in [4.69, 9.17) is 28.4 Å². The fourth-order valence-electron chi connectivity index (χ4n) is 10.5. The van der Waals surface area contributed by atoms with Gasteiger partial charge in [-0.1, -0.05) is 64.1 Å². The molecule has 1 unspecified atom stereocenters. The third kappa shape index (κ3) is 10.5. The molecule has 0 bridgehead atoms. The summed E-state index contributed by atoms with van der Waals surface area (Å²) in [6, 6.07) is 17.3. The molecule has 1 N–H and O–H groups in total. The first kappa shape index (κ1) is 50.6. The third-order valence-electron chi connectivity index (χ3n) is 14.2. The molecule has 3 aromatic rings. The number of aryl methyl sites for hydroxylation is 1. The Morgan fingerprint density at radius 3 is 2.30 bits per heavy atom. The van der Waals surface area contributed by atoms with Crippen LogP contribution < -0.4 is 5.43 Å². The van der Waals surface area contributed by atoms with Gasteiger partial charge < -0.3 is 33.3 Å². The second-order valence-corrected chi connectivity index (χ2v) is 19.0. The number of fused-ring (bicyclic) bond motifs is 2. The topological polar surface area (TPSA) is 172 Å². The predicted molar refractivity (Wildman–Crippen MR) is 247 cm³/mol. The van der Waals surface area contributed by atoms with Crippen molar-refractivity contribution >= 4 is 40.5 Å². The van der Waals surface area contributed by atoms with Crippen LogP contribution in [-0.2, 0) is 49.2 Å². The number of ether oxygens (including phenoxy) is 6. The van der Waals surface area contributed by atoms with E-state index in [9.17, 15) is 19.2 Å². The smallest absolute Gasteiger partial charge is 0.425 e. The van der Waals surface area contributed by atoms with Crippen LogP contribution in [0.25, 0.3) is 10.9 Å². The number of esters is 2. The summed E-state index contributed by atoms with van der Waals surface area (Å²) in [6.45, 7) is 14.4. The SMILES string of the molecule is CCC1C(=O)[C@H](C)C[C@](C)(OC)[C@H](O[C@@H]2O[C@H](C)C[C@H](N(C)C)[C@H]2OC(=O)c2ccccc2)[C@@H](C)C(=O)[C@@H](C)C(=O)O[C@H](CC)[C@@]2(C)OC(=O)N(NCCCc3ccnc4ccccc34)[C@H]12. The normalized spacial score (nSPS) is 33.6. The van der Waals surface area contributed by atoms with Crippen molar-refractivity contribution in [1.29, 1.82) is 0 Å². The maximum Gasteiger partial charge on any atom is 0.425 e. The Bertz CT molecular complexity index is 2180. The lowest BCUT2D eigenvalue weighted by Gasteiger charge is -2.48. The quantitative estimate of drug-likeness (QED) is 0.0795. The van der Waals surface area contributed by atoms with Crippen LogP contribution in [0.5, 0.6) is 0 Å². The molecule has 3 fully saturated rings. The number of Topliss-reactive ketones (excluding diaryl/α,β-unsaturated/α-hetero) is 2. The number of aromatic nitrogens is 1. The Kier molecular flexibility index (Phi) is 16.4. The van der Waals surface area contributed by atoms with Crippen molar-refractivity contribution in [3.8, 4) is 0 Å². The van der Waals surface area contributed by atoms with E-state index in [1.165, 1.54) is 19.0 Å². The molecule has 3 aliphatic heterocycles. The van der Waals surface area contributed by atoms with Gasteiger partial charge in [-0.2, -0.15) is 0 Å². The van der Waals surface area contributed by atoms with Crippen molar-refractivity contribution in [2.24, 2.45) is 23.7 Å². The monoisotopic (exact) mass is 915 g/mol. The van der Waals surface area contributed by atoms with Crippen molar-refractivity contribution in [3.63, 3.8) is 0 Å². The molecule has 13 atom stereocenters. The summed E-state index contributed by atoms with van der Waals surface area (Å²) in [5, 5.41) is 2.46. The number of carbonyl (C=O) groups is 5. The largest absolute Gasteiger partial charge is 0.458 e. The number of cyclic esters (lactones) is 1. The van der Waals surface area contributed by atoms with E-state index in [1.807, 2.05) is 83.1 Å². The Balaban J connectivity index is 1.34. The molecular formula is C51H70N4O11. The van der Waals surface area contributed by atoms with Crippen LogP contribution in [0.2, 0.25) is 0 Å². The van der Waals surface area contributed by atoms with E-state index in [1.54, 1.807) is 51.2 Å². The highest BCUT2D eigenvalue weighted by Crippen LogP contribution is 2.43. The number of rotatable bonds is 13. The van der Waals surface area contributed by atoms with Gasteiger partial charge in [-0.3, -0.25) is 19.4 Å². The van der Waals surface area contributed by atoms with Gasteiger partial charge in [0.1, 0.15) is 23.8 Å². The minimum Gasteiger partial charge on any atom is -0.458 e. The van der Waals surface area contributed by atoms with E-state index in [0.717, 1.165) is 16.5 Å². The van der Waals surface area contributed by atoms with E-state index >= 15 is 4.79 Å². The second-order valence-electron chi connectivity index (χ2n) is 19.0. The minimum absolute atomic E-state index is 0.0799. The van der Waals surface area contributed by atoms with Gasteiger partial charge in [-0.25, -0.2) is 20.0 Å². The third-order valence-corrected chi connectivity index (χ3v) is 14.2. The molecule has 1 aromatic heterocycles. The van der Waals surface area contributed by atoms with Gasteiger partial charge in [-0.15, -0.1) is 0 Å². The van der Waals surface area contributed by atoms with E-state index in [-0.39, 0.29) is 30.8 Å². The molecule has 0 radical (unpaired) electrons. The molecule has 360 valence electrons. The van der Waals surface area contributed by atoms with Crippen LogP contribution >= 0.6 is 0 Å². The van der Waals surface area contributed by atoms with E-state index in [2.05, 4.69) is 10.4 Å². The molecular weight excluding hydrogens is 845 g/mol. The first-order valence-electron chi connectivity index (χ1n) is 23.5. The van der Waals surface area contributed by atoms with Gasteiger partial charge in [0, 0.05) is 43.0 Å². The average Bonchev–Trinajstić information content (AvgIpc) is 3.56. The van der Waals surface area contributed by atoms with Crippen molar-refractivity contribution in [2.45, 2.75) is 148 Å². The summed E-state index contributed by atoms with van der Waals surface area (Å²) in [4.78, 5) is 78.3. The van der Waals surface area contributed by atoms with E-state index in [0.29, 0.717) is 37.8 Å². The lowest BCUT2D eigenvalue weighted by Crippen LogP contribution is -2.62. The highest BCUT2D eigenvalue weighted by atomic mass is 16.7. The Morgan fingerprint density at radius 2 is 1.64 bits per heavy atom. The highest BCUT2D eigenvalue weighted by molar-refractivity contribution is 6.00. The maximum absolute atomic E-state index is 15.2. The Hall–Kier alpha value is -4.80. The average molecular weight is 915 g/mol. The molecule has 66 heavy (non-hydrogen) atoms. The molecule has 6 rings (SSSR count). The number of hydrogen-bond acceptors (Lipinski definition) is 14. The zero-order valence-electron chi connectivity index (χ0n) is 40.5. The molecule has 3 aliphatic rings. The van der Waals surface area contributed by atoms with Gasteiger partial charge in [0.2, 0.25) is 0 Å². The number of hydrazine groups is 1. The number of likely N-dealkylation sites (N-methyl/N-ethyl adjacent to an activating group) is 1. The molecule has 0 spiro atoms. The summed E-state index contributed by atoms with van der Waals surface area (Å²) in [5.74, 6) is -5.83. The number of nitrogens with one attached hydrogen (secondary N) is 1. The Labute approximate surface area is 389 Å². The van der Waals surface area contributed by atoms with Gasteiger partial charge in [0.05, 0.1) is 34.9 Å². The number of benzene rings is 2. The van der Waals surface area contributed by atoms with Crippen molar-refractivity contribution < 1.29 is 52.4 Å². The molecule has 0 saturated carbocycles. The van der Waals surface area contributed by atoms with Crippen molar-refractivity contribution in [2.75, 3.05) is 27.7 Å². The molecule has 15 heteroatoms. The molecule has 4 heterocycles. The summed E-state index contributed by atoms with van der Waals surface area (Å²) < 4.78 is 38.4. The van der Waals surface area contributed by atoms with Crippen LogP contribution in [0, 0.1) is 23.7 Å². The summed E-state index contributed by atoms with van der Waals surface area (Å²) in [7, 11) is 5.27. The molecule has 2 aromatic carbocycles. The standard InChI is InChI=1S/C51H70N4O11/c1-12-36-41(56)30(3)29-50(7,61-11)45(65-48-43(39(54(9)10)28-31(4)62-48)64-47(59)35-20-15-14-16-21-35)32(5)42(57)33(6)46(58)63-40(13-2)51(8)44(36)55(49(60)66-51)53-26-19-22-34-25-27-52-38-24-18-17-23-37(34)38/h14-18,20-21,23-25,27,30-33,36,39-40,43-45,48,53H,12-13,19,22,26,28-29H2,1-11H3/t30-,31-,32+,33-,36?,39+,40-,43-,44-,45-,48+,50+,51-/m1/s1. The molecule has 15 nitrogen and oxygen atoms in total. The van der Waals surface area contributed by atoms with Gasteiger partial charge in [-0.05, 0) is 110 Å². The van der Waals surface area contributed by atoms with Crippen molar-refractivity contribution in [1.82, 2.24) is 20.3 Å². The number of hydrogen-bond donors (Lipinski definition) is 1. The number of methoxy groups -OCH3 is 1. The van der Waals surface area contributed by atoms with Crippen LogP contribution in [0.15, 0.2) is 66.9 Å². The molecule has 0 aliphatic carbocycles. The molecule has 3 saturated heterocycles. The minimum atomic E-state index is -1.48. The van der Waals surface area contributed by atoms with Gasteiger partial charge >= 0.3 is 18.0 Å². The van der Waals surface area contributed by atoms with Crippen LogP contribution in [0.1, 0.15) is 103 Å². The fourth-order valence-corrected chi connectivity index (χ4v) is 10.5. The van der Waals surface area contributed by atoms with Crippen LogP contribution in [0.4, 0.5) is 4.79 Å². The summed E-state index contributed by atoms with van der Waals surface area (Å²) in [5.41, 5.74) is 2.84. The number of carbonyl (C=O) groups excluding carboxylic acids is 5. The number of nitrogens with zero attached hydrogens (tertiary/aromatic N) is 3. The highest BCUT2D eigenvalue weighted by Gasteiger charge is 2.61. The lowest BCUT2D eigenvalue weighted by molar-refractivity contribution is -0.294. The second kappa shape index (κ2) is 21.4. The fraction of sp³-hybridized carbons (Fsp3) is 0.608. The lowest BCUT2D eigenvalue weighted by atomic mass is 9.72.